The number of carbonyl (C=O) groups excluding carboxylic acids is 3. The minimum atomic E-state index is -0.884. The third kappa shape index (κ3) is 3.42. The standard InChI is InChI=1S/C16H28N4O4/c1-15(2,3)20-9-10-11(12(17)21)19(8-7-18(10)13(20)22)14(23)24-16(4,5)6/h10-11H,7-9H2,1-6H3,(H2,17,21). The maximum Gasteiger partial charge on any atom is 0.411 e. The minimum Gasteiger partial charge on any atom is -0.444 e. The highest BCUT2D eigenvalue weighted by atomic mass is 16.6. The lowest BCUT2D eigenvalue weighted by atomic mass is 10.0. The summed E-state index contributed by atoms with van der Waals surface area (Å²) in [6.07, 6.45) is -0.576. The van der Waals surface area contributed by atoms with Crippen molar-refractivity contribution in [1.29, 1.82) is 0 Å². The molecule has 0 saturated carbocycles. The Hall–Kier alpha value is -1.99. The molecule has 8 heteroatoms. The van der Waals surface area contributed by atoms with E-state index in [-0.39, 0.29) is 18.1 Å². The van der Waals surface area contributed by atoms with Crippen LogP contribution in [0.15, 0.2) is 0 Å². The van der Waals surface area contributed by atoms with Crippen molar-refractivity contribution in [2.45, 2.75) is 64.8 Å². The van der Waals surface area contributed by atoms with E-state index in [1.165, 1.54) is 4.90 Å². The van der Waals surface area contributed by atoms with Crippen molar-refractivity contribution in [3.8, 4) is 0 Å². The summed E-state index contributed by atoms with van der Waals surface area (Å²) in [6.45, 7) is 12.1. The molecule has 2 unspecified atom stereocenters. The van der Waals surface area contributed by atoms with Crippen LogP contribution in [0.2, 0.25) is 0 Å². The molecule has 0 radical (unpaired) electrons. The van der Waals surface area contributed by atoms with Crippen LogP contribution in [-0.4, -0.2) is 75.6 Å². The van der Waals surface area contributed by atoms with Gasteiger partial charge in [0.2, 0.25) is 5.91 Å². The molecule has 24 heavy (non-hydrogen) atoms. The molecule has 2 rings (SSSR count). The lowest BCUT2D eigenvalue weighted by Crippen LogP contribution is -2.65. The van der Waals surface area contributed by atoms with Gasteiger partial charge in [-0.1, -0.05) is 0 Å². The van der Waals surface area contributed by atoms with Gasteiger partial charge in [-0.2, -0.15) is 0 Å². The van der Waals surface area contributed by atoms with Crippen molar-refractivity contribution in [2.24, 2.45) is 5.73 Å². The van der Waals surface area contributed by atoms with Gasteiger partial charge in [-0.3, -0.25) is 9.69 Å². The molecule has 0 spiro atoms. The van der Waals surface area contributed by atoms with Crippen molar-refractivity contribution < 1.29 is 19.1 Å². The lowest BCUT2D eigenvalue weighted by molar-refractivity contribution is -0.126. The van der Waals surface area contributed by atoms with Gasteiger partial charge in [-0.25, -0.2) is 9.59 Å². The Kier molecular flexibility index (Phi) is 4.45. The van der Waals surface area contributed by atoms with Crippen molar-refractivity contribution in [1.82, 2.24) is 14.7 Å². The lowest BCUT2D eigenvalue weighted by Gasteiger charge is -2.42. The van der Waals surface area contributed by atoms with Crippen LogP contribution in [0.25, 0.3) is 0 Å². The Morgan fingerprint density at radius 1 is 1.12 bits per heavy atom. The summed E-state index contributed by atoms with van der Waals surface area (Å²) >= 11 is 0. The predicted octanol–water partition coefficient (Wildman–Crippen LogP) is 0.996. The molecule has 8 nitrogen and oxygen atoms in total. The predicted molar refractivity (Wildman–Crippen MR) is 88.3 cm³/mol. The summed E-state index contributed by atoms with van der Waals surface area (Å²) in [5.74, 6) is -0.626. The number of nitrogens with two attached hydrogens (primary N) is 1. The van der Waals surface area contributed by atoms with Crippen LogP contribution in [0, 0.1) is 0 Å². The van der Waals surface area contributed by atoms with Gasteiger partial charge in [0, 0.05) is 25.2 Å². The smallest absolute Gasteiger partial charge is 0.411 e. The second kappa shape index (κ2) is 5.82. The van der Waals surface area contributed by atoms with Crippen molar-refractivity contribution in [3.05, 3.63) is 0 Å². The second-order valence-corrected chi connectivity index (χ2v) is 8.35. The molecule has 0 aromatic carbocycles. The van der Waals surface area contributed by atoms with Gasteiger partial charge in [0.1, 0.15) is 11.6 Å². The summed E-state index contributed by atoms with van der Waals surface area (Å²) in [5.41, 5.74) is 4.54. The van der Waals surface area contributed by atoms with E-state index in [1.807, 2.05) is 20.8 Å². The molecule has 2 aliphatic heterocycles. The Morgan fingerprint density at radius 2 is 1.71 bits per heavy atom. The van der Waals surface area contributed by atoms with Crippen LogP contribution >= 0.6 is 0 Å². The van der Waals surface area contributed by atoms with E-state index in [1.54, 1.807) is 30.6 Å². The van der Waals surface area contributed by atoms with Gasteiger partial charge in [0.05, 0.1) is 6.04 Å². The molecule has 2 atom stereocenters. The monoisotopic (exact) mass is 340 g/mol. The van der Waals surface area contributed by atoms with Crippen molar-refractivity contribution >= 4 is 18.0 Å². The highest BCUT2D eigenvalue weighted by Crippen LogP contribution is 2.31. The van der Waals surface area contributed by atoms with Crippen LogP contribution in [0.1, 0.15) is 41.5 Å². The first-order valence-electron chi connectivity index (χ1n) is 8.20. The molecule has 0 bridgehead atoms. The summed E-state index contributed by atoms with van der Waals surface area (Å²) < 4.78 is 5.39. The highest BCUT2D eigenvalue weighted by Gasteiger charge is 2.52. The quantitative estimate of drug-likeness (QED) is 0.770. The zero-order valence-corrected chi connectivity index (χ0v) is 15.3. The fourth-order valence-electron chi connectivity index (χ4n) is 3.18. The maximum atomic E-state index is 12.6. The summed E-state index contributed by atoms with van der Waals surface area (Å²) in [7, 11) is 0. The Bertz CT molecular complexity index is 549. The first kappa shape index (κ1) is 18.4. The van der Waals surface area contributed by atoms with Crippen LogP contribution in [-0.2, 0) is 9.53 Å². The number of nitrogens with zero attached hydrogens (tertiary/aromatic N) is 3. The van der Waals surface area contributed by atoms with E-state index in [2.05, 4.69) is 0 Å². The van der Waals surface area contributed by atoms with Gasteiger partial charge >= 0.3 is 12.1 Å². The minimum absolute atomic E-state index is 0.123. The summed E-state index contributed by atoms with van der Waals surface area (Å²) in [4.78, 5) is 41.8. The molecule has 4 amide bonds. The summed E-state index contributed by atoms with van der Waals surface area (Å²) in [6, 6.07) is -1.46. The maximum absolute atomic E-state index is 12.6. The van der Waals surface area contributed by atoms with E-state index >= 15 is 0 Å². The van der Waals surface area contributed by atoms with E-state index in [4.69, 9.17) is 10.5 Å². The first-order chi connectivity index (χ1) is 10.8. The Labute approximate surface area is 142 Å². The van der Waals surface area contributed by atoms with Gasteiger partial charge in [0.25, 0.3) is 0 Å². The number of ether oxygens (including phenoxy) is 1. The summed E-state index contributed by atoms with van der Waals surface area (Å²) in [5, 5.41) is 0. The molecule has 2 aliphatic rings. The number of primary amides is 1. The van der Waals surface area contributed by atoms with E-state index < -0.39 is 29.7 Å². The molecule has 0 aromatic rings. The largest absolute Gasteiger partial charge is 0.444 e. The average molecular weight is 340 g/mol. The topological polar surface area (TPSA) is 96.2 Å². The zero-order chi connectivity index (χ0) is 18.4. The average Bonchev–Trinajstić information content (AvgIpc) is 2.73. The molecule has 136 valence electrons. The number of hydrogen-bond acceptors (Lipinski definition) is 4. The van der Waals surface area contributed by atoms with Gasteiger partial charge in [-0.05, 0) is 41.5 Å². The number of fused-ring (bicyclic) bond motifs is 1. The second-order valence-electron chi connectivity index (χ2n) is 8.35. The third-order valence-electron chi connectivity index (χ3n) is 4.26. The van der Waals surface area contributed by atoms with Crippen molar-refractivity contribution in [2.75, 3.05) is 19.6 Å². The molecule has 2 fully saturated rings. The molecule has 2 N–H and O–H groups in total. The SMILES string of the molecule is CC(C)(C)OC(=O)N1CCN2C(=O)N(C(C)(C)C)CC2C1C(N)=O. The number of amides is 4. The molecular weight excluding hydrogens is 312 g/mol. The van der Waals surface area contributed by atoms with Gasteiger partial charge in [0.15, 0.2) is 0 Å². The molecule has 0 aliphatic carbocycles. The van der Waals surface area contributed by atoms with Crippen LogP contribution in [0.5, 0.6) is 0 Å². The first-order valence-corrected chi connectivity index (χ1v) is 8.20. The number of hydrogen-bond donors (Lipinski definition) is 1. The number of piperazine rings is 1. The van der Waals surface area contributed by atoms with Gasteiger partial charge in [-0.15, -0.1) is 0 Å². The number of rotatable bonds is 1. The normalized spacial score (nSPS) is 24.9. The third-order valence-corrected chi connectivity index (χ3v) is 4.26. The number of urea groups is 1. The molecule has 2 heterocycles. The highest BCUT2D eigenvalue weighted by molar-refractivity contribution is 5.88. The fourth-order valence-corrected chi connectivity index (χ4v) is 3.18. The van der Waals surface area contributed by atoms with Crippen LogP contribution < -0.4 is 5.73 Å². The van der Waals surface area contributed by atoms with E-state index in [0.717, 1.165) is 0 Å². The van der Waals surface area contributed by atoms with E-state index in [0.29, 0.717) is 13.1 Å². The Morgan fingerprint density at radius 3 is 2.17 bits per heavy atom. The fraction of sp³-hybridized carbons (Fsp3) is 0.812. The Balaban J connectivity index is 2.27. The van der Waals surface area contributed by atoms with Crippen molar-refractivity contribution in [3.63, 3.8) is 0 Å². The van der Waals surface area contributed by atoms with Crippen LogP contribution in [0.3, 0.4) is 0 Å². The zero-order valence-electron chi connectivity index (χ0n) is 15.3. The molecule has 2 saturated heterocycles. The van der Waals surface area contributed by atoms with Gasteiger partial charge < -0.3 is 20.3 Å². The number of carbonyl (C=O) groups is 3. The molecule has 0 aromatic heterocycles. The molecular formula is C16H28N4O4. The van der Waals surface area contributed by atoms with E-state index in [9.17, 15) is 14.4 Å². The van der Waals surface area contributed by atoms with Crippen LogP contribution in [0.4, 0.5) is 9.59 Å².